The summed E-state index contributed by atoms with van der Waals surface area (Å²) < 4.78 is 2.14. The molecular formula is C33H36N3O+. The summed E-state index contributed by atoms with van der Waals surface area (Å²) in [6.07, 6.45) is 11.1. The highest BCUT2D eigenvalue weighted by atomic mass is 16.1. The van der Waals surface area contributed by atoms with Crippen molar-refractivity contribution in [2.45, 2.75) is 26.8 Å². The van der Waals surface area contributed by atoms with Gasteiger partial charge >= 0.3 is 0 Å². The molecule has 1 amide bonds. The highest BCUT2D eigenvalue weighted by molar-refractivity contribution is 5.94. The van der Waals surface area contributed by atoms with Crippen LogP contribution in [0.15, 0.2) is 91.8 Å². The first kappa shape index (κ1) is 25.9. The molecule has 0 saturated carbocycles. The minimum absolute atomic E-state index is 0.0425. The Balaban J connectivity index is 1.28. The van der Waals surface area contributed by atoms with Crippen LogP contribution in [0.1, 0.15) is 47.3 Å². The van der Waals surface area contributed by atoms with Crippen LogP contribution in [0.25, 0.3) is 29.0 Å². The molecule has 3 aromatic carbocycles. The zero-order valence-electron chi connectivity index (χ0n) is 21.9. The normalized spacial score (nSPS) is 11.1. The van der Waals surface area contributed by atoms with Gasteiger partial charge in [0, 0.05) is 49.4 Å². The number of aryl methyl sites for hydroxylation is 1. The Morgan fingerprint density at radius 1 is 0.838 bits per heavy atom. The highest BCUT2D eigenvalue weighted by Crippen LogP contribution is 2.24. The lowest BCUT2D eigenvalue weighted by molar-refractivity contribution is -0.697. The molecule has 37 heavy (non-hydrogen) atoms. The molecule has 0 atom stereocenters. The molecule has 0 radical (unpaired) electrons. The largest absolute Gasteiger partial charge is 0.372 e. The Morgan fingerprint density at radius 2 is 1.49 bits per heavy atom. The number of fused-ring (bicyclic) bond motifs is 1. The smallest absolute Gasteiger partial charge is 0.251 e. The van der Waals surface area contributed by atoms with E-state index in [1.165, 1.54) is 22.0 Å². The topological polar surface area (TPSA) is 36.2 Å². The van der Waals surface area contributed by atoms with Gasteiger partial charge in [-0.05, 0) is 71.6 Å². The summed E-state index contributed by atoms with van der Waals surface area (Å²) in [5.41, 5.74) is 5.30. The number of aromatic nitrogens is 1. The fourth-order valence-electron chi connectivity index (χ4n) is 4.40. The molecule has 4 aromatic rings. The van der Waals surface area contributed by atoms with Gasteiger partial charge < -0.3 is 10.2 Å². The fourth-order valence-corrected chi connectivity index (χ4v) is 4.40. The molecule has 0 fully saturated rings. The quantitative estimate of drug-likeness (QED) is 0.190. The minimum Gasteiger partial charge on any atom is -0.372 e. The van der Waals surface area contributed by atoms with Gasteiger partial charge in [-0.1, -0.05) is 55.1 Å². The van der Waals surface area contributed by atoms with Crippen LogP contribution in [0.5, 0.6) is 0 Å². The van der Waals surface area contributed by atoms with Gasteiger partial charge in [-0.25, -0.2) is 4.57 Å². The van der Waals surface area contributed by atoms with Crippen molar-refractivity contribution in [3.63, 3.8) is 0 Å². The molecule has 4 nitrogen and oxygen atoms in total. The van der Waals surface area contributed by atoms with Crippen LogP contribution in [-0.2, 0) is 6.54 Å². The van der Waals surface area contributed by atoms with Crippen LogP contribution >= 0.6 is 0 Å². The molecule has 0 aliphatic heterocycles. The summed E-state index contributed by atoms with van der Waals surface area (Å²) in [5, 5.41) is 5.51. The Bertz CT molecular complexity index is 1370. The number of carbonyl (C=O) groups excluding carboxylic acids is 1. The second-order valence-corrected chi connectivity index (χ2v) is 9.10. The first-order valence-electron chi connectivity index (χ1n) is 13.1. The van der Waals surface area contributed by atoms with Gasteiger partial charge in [-0.15, -0.1) is 0 Å². The van der Waals surface area contributed by atoms with Crippen LogP contribution < -0.4 is 14.8 Å². The third-order valence-electron chi connectivity index (χ3n) is 6.65. The van der Waals surface area contributed by atoms with Crippen LogP contribution in [0, 0.1) is 0 Å². The highest BCUT2D eigenvalue weighted by Gasteiger charge is 2.06. The van der Waals surface area contributed by atoms with Gasteiger partial charge in [-0.2, -0.15) is 0 Å². The van der Waals surface area contributed by atoms with Crippen molar-refractivity contribution in [1.29, 1.82) is 0 Å². The van der Waals surface area contributed by atoms with E-state index in [-0.39, 0.29) is 5.91 Å². The van der Waals surface area contributed by atoms with E-state index in [1.54, 1.807) is 6.08 Å². The van der Waals surface area contributed by atoms with Crippen molar-refractivity contribution in [2.24, 2.45) is 0 Å². The van der Waals surface area contributed by atoms with E-state index in [0.29, 0.717) is 12.1 Å². The van der Waals surface area contributed by atoms with E-state index in [0.717, 1.165) is 37.2 Å². The molecule has 0 aliphatic carbocycles. The summed E-state index contributed by atoms with van der Waals surface area (Å²) in [6, 6.07) is 25.0. The second-order valence-electron chi connectivity index (χ2n) is 9.10. The van der Waals surface area contributed by atoms with E-state index in [4.69, 9.17) is 0 Å². The number of anilines is 1. The lowest BCUT2D eigenvalue weighted by Gasteiger charge is -2.21. The van der Waals surface area contributed by atoms with E-state index in [1.807, 2.05) is 24.3 Å². The van der Waals surface area contributed by atoms with Gasteiger partial charge in [0.2, 0.25) is 0 Å². The van der Waals surface area contributed by atoms with E-state index in [2.05, 4.69) is 108 Å². The number of amides is 1. The maximum atomic E-state index is 12.3. The lowest BCUT2D eigenvalue weighted by atomic mass is 10.0. The summed E-state index contributed by atoms with van der Waals surface area (Å²) in [4.78, 5) is 14.6. The molecule has 188 valence electrons. The molecule has 1 aromatic heterocycles. The number of carbonyl (C=O) groups is 1. The van der Waals surface area contributed by atoms with Crippen molar-refractivity contribution in [2.75, 3.05) is 24.5 Å². The van der Waals surface area contributed by atoms with Crippen LogP contribution in [0.3, 0.4) is 0 Å². The maximum absolute atomic E-state index is 12.3. The van der Waals surface area contributed by atoms with Crippen LogP contribution in [-0.4, -0.2) is 25.5 Å². The zero-order chi connectivity index (χ0) is 26.0. The number of nitrogens with zero attached hydrogens (tertiary/aromatic N) is 2. The molecule has 1 heterocycles. The minimum atomic E-state index is -0.0425. The standard InChI is InChI=1S/C33H35N3O/c1-4-26-10-13-29(14-11-26)33(37)34-20-7-21-35-22-18-27(19-23-35)8-9-28-12-15-31-25-32(36(5-2)6-3)17-16-30(31)24-28/h4,8-19,22-25H,1,5-7,20-21H2,2-3H3/p+1. The Kier molecular flexibility index (Phi) is 8.88. The first-order chi connectivity index (χ1) is 18.1. The number of pyridine rings is 1. The van der Waals surface area contributed by atoms with Crippen molar-refractivity contribution in [3.05, 3.63) is 114 Å². The lowest BCUT2D eigenvalue weighted by Crippen LogP contribution is -2.35. The molecule has 0 saturated heterocycles. The molecule has 0 unspecified atom stereocenters. The Morgan fingerprint density at radius 3 is 2.19 bits per heavy atom. The predicted molar refractivity (Wildman–Crippen MR) is 157 cm³/mol. The SMILES string of the molecule is C=Cc1ccc(C(=O)NCCC[n+]2ccc(C=Cc3ccc4cc(N(CC)CC)ccc4c3)cc2)cc1. The van der Waals surface area contributed by atoms with Crippen molar-refractivity contribution >= 4 is 40.6 Å². The molecule has 0 aliphatic rings. The molecule has 4 rings (SSSR count). The molecule has 4 heteroatoms. The second kappa shape index (κ2) is 12.7. The van der Waals surface area contributed by atoms with Gasteiger partial charge in [0.25, 0.3) is 5.91 Å². The molecule has 0 bridgehead atoms. The number of hydrogen-bond acceptors (Lipinski definition) is 2. The van der Waals surface area contributed by atoms with Crippen LogP contribution in [0.2, 0.25) is 0 Å². The van der Waals surface area contributed by atoms with Crippen molar-refractivity contribution in [1.82, 2.24) is 5.32 Å². The number of rotatable bonds is 11. The van der Waals surface area contributed by atoms with E-state index < -0.39 is 0 Å². The molecule has 0 spiro atoms. The van der Waals surface area contributed by atoms with Gasteiger partial charge in [0.15, 0.2) is 12.4 Å². The number of benzene rings is 3. The van der Waals surface area contributed by atoms with Gasteiger partial charge in [0.1, 0.15) is 6.54 Å². The summed E-state index contributed by atoms with van der Waals surface area (Å²) in [7, 11) is 0. The third-order valence-corrected chi connectivity index (χ3v) is 6.65. The summed E-state index contributed by atoms with van der Waals surface area (Å²) >= 11 is 0. The van der Waals surface area contributed by atoms with Crippen molar-refractivity contribution < 1.29 is 9.36 Å². The third kappa shape index (κ3) is 6.95. The monoisotopic (exact) mass is 490 g/mol. The Hall–Kier alpha value is -4.18. The number of hydrogen-bond donors (Lipinski definition) is 1. The fraction of sp³-hybridized carbons (Fsp3) is 0.212. The zero-order valence-corrected chi connectivity index (χ0v) is 21.9. The average molecular weight is 491 g/mol. The number of nitrogens with one attached hydrogen (secondary N) is 1. The van der Waals surface area contributed by atoms with Gasteiger partial charge in [0.05, 0.1) is 0 Å². The van der Waals surface area contributed by atoms with E-state index in [9.17, 15) is 4.79 Å². The van der Waals surface area contributed by atoms with Gasteiger partial charge in [-0.3, -0.25) is 4.79 Å². The maximum Gasteiger partial charge on any atom is 0.251 e. The molecule has 1 N–H and O–H groups in total. The summed E-state index contributed by atoms with van der Waals surface area (Å²) in [6.45, 7) is 11.6. The van der Waals surface area contributed by atoms with E-state index >= 15 is 0 Å². The summed E-state index contributed by atoms with van der Waals surface area (Å²) in [5.74, 6) is -0.0425. The van der Waals surface area contributed by atoms with Crippen LogP contribution in [0.4, 0.5) is 5.69 Å². The average Bonchev–Trinajstić information content (AvgIpc) is 2.95. The molecular weight excluding hydrogens is 454 g/mol. The Labute approximate surface area is 220 Å². The van der Waals surface area contributed by atoms with Crippen molar-refractivity contribution in [3.8, 4) is 0 Å². The first-order valence-corrected chi connectivity index (χ1v) is 13.1. The predicted octanol–water partition coefficient (Wildman–Crippen LogP) is 6.61.